The number of hydrogen-bond donors (Lipinski definition) is 2. The molecule has 12 heteroatoms. The molecule has 0 fully saturated rings. The van der Waals surface area contributed by atoms with E-state index >= 15 is 0 Å². The molecule has 0 atom stereocenters. The summed E-state index contributed by atoms with van der Waals surface area (Å²) in [7, 11) is 0. The Labute approximate surface area is 195 Å². The summed E-state index contributed by atoms with van der Waals surface area (Å²) in [5, 5.41) is 10.1. The number of halogens is 5. The molecule has 0 aliphatic carbocycles. The molecule has 2 aromatic heterocycles. The van der Waals surface area contributed by atoms with Crippen LogP contribution in [-0.2, 0) is 6.18 Å². The van der Waals surface area contributed by atoms with E-state index in [1.54, 1.807) is 18.2 Å². The SMILES string of the molecule is Nc1c(C(=O)Nc2cnc(-n3nccn3)c(Cl)c2)c(Cl)cc(-c2ccccc2)c1C(F)(F)F. The van der Waals surface area contributed by atoms with Crippen LogP contribution in [0.25, 0.3) is 16.9 Å². The first kappa shape index (κ1) is 22.6. The van der Waals surface area contributed by atoms with Crippen molar-refractivity contribution in [3.05, 3.63) is 82.2 Å². The van der Waals surface area contributed by atoms with Crippen molar-refractivity contribution >= 4 is 40.5 Å². The predicted octanol–water partition coefficient (Wildman–Crippen LogP) is 5.49. The number of hydrogen-bond acceptors (Lipinski definition) is 5. The molecule has 0 saturated heterocycles. The van der Waals surface area contributed by atoms with Gasteiger partial charge in [0.05, 0.1) is 51.1 Å². The Hall–Kier alpha value is -3.63. The third-order valence-electron chi connectivity index (χ3n) is 4.60. The summed E-state index contributed by atoms with van der Waals surface area (Å²) < 4.78 is 41.8. The van der Waals surface area contributed by atoms with E-state index in [2.05, 4.69) is 20.5 Å². The summed E-state index contributed by atoms with van der Waals surface area (Å²) in [6.45, 7) is 0. The average Bonchev–Trinajstić information content (AvgIpc) is 3.27. The van der Waals surface area contributed by atoms with Gasteiger partial charge in [0, 0.05) is 0 Å². The first-order valence-electron chi connectivity index (χ1n) is 9.25. The maximum absolute atomic E-state index is 13.9. The molecule has 4 rings (SSSR count). The van der Waals surface area contributed by atoms with E-state index in [4.69, 9.17) is 28.9 Å². The quantitative estimate of drug-likeness (QED) is 0.367. The highest BCUT2D eigenvalue weighted by Gasteiger charge is 2.39. The topological polar surface area (TPSA) is 98.7 Å². The van der Waals surface area contributed by atoms with Gasteiger partial charge in [-0.15, -0.1) is 4.80 Å². The standard InChI is InChI=1S/C21H13Cl2F3N6O/c22-14-9-13(11-4-2-1-3-5-11)17(21(24,25)26)18(27)16(14)20(33)31-12-8-15(23)19(28-10-12)32-29-6-7-30-32/h1-10H,27H2,(H,31,33). The van der Waals surface area contributed by atoms with Crippen molar-refractivity contribution < 1.29 is 18.0 Å². The minimum Gasteiger partial charge on any atom is -0.398 e. The number of benzene rings is 2. The third-order valence-corrected chi connectivity index (χ3v) is 5.18. The van der Waals surface area contributed by atoms with Crippen LogP contribution in [0.4, 0.5) is 24.5 Å². The molecule has 168 valence electrons. The molecule has 0 unspecified atom stereocenters. The maximum atomic E-state index is 13.9. The molecule has 0 aliphatic rings. The minimum atomic E-state index is -4.84. The van der Waals surface area contributed by atoms with Crippen LogP contribution in [-0.4, -0.2) is 25.9 Å². The largest absolute Gasteiger partial charge is 0.419 e. The van der Waals surface area contributed by atoms with Crippen LogP contribution in [0.1, 0.15) is 15.9 Å². The van der Waals surface area contributed by atoms with Gasteiger partial charge in [-0.3, -0.25) is 4.79 Å². The first-order valence-corrected chi connectivity index (χ1v) is 10.0. The van der Waals surface area contributed by atoms with Crippen molar-refractivity contribution in [2.24, 2.45) is 0 Å². The fourth-order valence-electron chi connectivity index (χ4n) is 3.22. The number of anilines is 2. The van der Waals surface area contributed by atoms with Gasteiger partial charge < -0.3 is 11.1 Å². The van der Waals surface area contributed by atoms with Gasteiger partial charge in [-0.1, -0.05) is 53.5 Å². The molecule has 0 saturated carbocycles. The van der Waals surface area contributed by atoms with Gasteiger partial charge in [0.25, 0.3) is 5.91 Å². The van der Waals surface area contributed by atoms with Gasteiger partial charge in [0.1, 0.15) is 0 Å². The zero-order valence-electron chi connectivity index (χ0n) is 16.4. The number of alkyl halides is 3. The van der Waals surface area contributed by atoms with Crippen molar-refractivity contribution in [2.75, 3.05) is 11.1 Å². The zero-order chi connectivity index (χ0) is 23.8. The summed E-state index contributed by atoms with van der Waals surface area (Å²) in [6.07, 6.45) is -0.737. The van der Waals surface area contributed by atoms with Crippen LogP contribution in [0.5, 0.6) is 0 Å². The molecule has 0 aliphatic heterocycles. The van der Waals surface area contributed by atoms with E-state index in [1.807, 2.05) is 0 Å². The monoisotopic (exact) mass is 492 g/mol. The van der Waals surface area contributed by atoms with Crippen molar-refractivity contribution in [1.29, 1.82) is 0 Å². The van der Waals surface area contributed by atoms with Crippen LogP contribution < -0.4 is 11.1 Å². The molecule has 0 bridgehead atoms. The molecule has 0 spiro atoms. The number of carbonyl (C=O) groups is 1. The molecule has 2 aromatic carbocycles. The number of amides is 1. The van der Waals surface area contributed by atoms with Crippen LogP contribution in [0, 0.1) is 0 Å². The number of rotatable bonds is 4. The fourth-order valence-corrected chi connectivity index (χ4v) is 3.75. The Morgan fingerprint density at radius 1 is 1.03 bits per heavy atom. The number of pyridine rings is 1. The number of nitrogens with one attached hydrogen (secondary N) is 1. The number of nitrogens with zero attached hydrogens (tertiary/aromatic N) is 4. The van der Waals surface area contributed by atoms with Crippen molar-refractivity contribution in [1.82, 2.24) is 20.0 Å². The second kappa shape index (κ2) is 8.72. The average molecular weight is 493 g/mol. The molecule has 3 N–H and O–H groups in total. The lowest BCUT2D eigenvalue weighted by Crippen LogP contribution is -2.20. The van der Waals surface area contributed by atoms with E-state index in [1.165, 1.54) is 41.6 Å². The third kappa shape index (κ3) is 4.48. The summed E-state index contributed by atoms with van der Waals surface area (Å²) in [5.41, 5.74) is 3.52. The zero-order valence-corrected chi connectivity index (χ0v) is 17.9. The Morgan fingerprint density at radius 3 is 2.30 bits per heavy atom. The number of carbonyl (C=O) groups excluding carboxylic acids is 1. The van der Waals surface area contributed by atoms with Gasteiger partial charge in [-0.25, -0.2) is 4.98 Å². The minimum absolute atomic E-state index is 0.0958. The van der Waals surface area contributed by atoms with Crippen LogP contribution in [0.2, 0.25) is 10.0 Å². The number of nitrogens with two attached hydrogens (primary N) is 1. The summed E-state index contributed by atoms with van der Waals surface area (Å²) in [5.74, 6) is -0.755. The summed E-state index contributed by atoms with van der Waals surface area (Å²) >= 11 is 12.4. The normalized spacial score (nSPS) is 11.4. The molecule has 0 radical (unpaired) electrons. The van der Waals surface area contributed by atoms with Crippen molar-refractivity contribution in [2.45, 2.75) is 6.18 Å². The summed E-state index contributed by atoms with van der Waals surface area (Å²) in [6, 6.07) is 10.2. The van der Waals surface area contributed by atoms with Crippen LogP contribution >= 0.6 is 23.2 Å². The molecule has 4 aromatic rings. The van der Waals surface area contributed by atoms with E-state index < -0.39 is 28.9 Å². The lowest BCUT2D eigenvalue weighted by atomic mass is 9.94. The van der Waals surface area contributed by atoms with E-state index in [0.717, 1.165) is 6.07 Å². The van der Waals surface area contributed by atoms with Crippen molar-refractivity contribution in [3.8, 4) is 16.9 Å². The van der Waals surface area contributed by atoms with Gasteiger partial charge in [0.2, 0.25) is 0 Å². The lowest BCUT2D eigenvalue weighted by Gasteiger charge is -2.19. The number of nitrogen functional groups attached to an aromatic ring is 1. The molecule has 33 heavy (non-hydrogen) atoms. The van der Waals surface area contributed by atoms with Crippen LogP contribution in [0.15, 0.2) is 61.1 Å². The molecular weight excluding hydrogens is 480 g/mol. The summed E-state index contributed by atoms with van der Waals surface area (Å²) in [4.78, 5) is 18.1. The van der Waals surface area contributed by atoms with Crippen molar-refractivity contribution in [3.63, 3.8) is 0 Å². The van der Waals surface area contributed by atoms with Gasteiger partial charge in [-0.2, -0.15) is 23.4 Å². The molecule has 2 heterocycles. The van der Waals surface area contributed by atoms with Crippen LogP contribution in [0.3, 0.4) is 0 Å². The predicted molar refractivity (Wildman–Crippen MR) is 118 cm³/mol. The highest BCUT2D eigenvalue weighted by molar-refractivity contribution is 6.36. The number of aromatic nitrogens is 4. The second-order valence-electron chi connectivity index (χ2n) is 6.74. The highest BCUT2D eigenvalue weighted by atomic mass is 35.5. The Kier molecular flexibility index (Phi) is 5.96. The van der Waals surface area contributed by atoms with E-state index in [-0.39, 0.29) is 32.7 Å². The highest BCUT2D eigenvalue weighted by Crippen LogP contribution is 2.44. The molecule has 7 nitrogen and oxygen atoms in total. The maximum Gasteiger partial charge on any atom is 0.419 e. The van der Waals surface area contributed by atoms with Gasteiger partial charge in [0.15, 0.2) is 5.82 Å². The van der Waals surface area contributed by atoms with Gasteiger partial charge >= 0.3 is 6.18 Å². The molecular formula is C21H13Cl2F3N6O. The Balaban J connectivity index is 1.73. The fraction of sp³-hybridized carbons (Fsp3) is 0.0476. The Bertz CT molecular complexity index is 1330. The Morgan fingerprint density at radius 2 is 1.70 bits per heavy atom. The smallest absolute Gasteiger partial charge is 0.398 e. The molecule has 1 amide bonds. The van der Waals surface area contributed by atoms with Gasteiger partial charge in [-0.05, 0) is 23.3 Å². The van der Waals surface area contributed by atoms with E-state index in [0.29, 0.717) is 0 Å². The second-order valence-corrected chi connectivity index (χ2v) is 7.55. The lowest BCUT2D eigenvalue weighted by molar-refractivity contribution is -0.136. The first-order chi connectivity index (χ1) is 15.7. The van der Waals surface area contributed by atoms with E-state index in [9.17, 15) is 18.0 Å².